The molecule has 0 saturated carbocycles. The van der Waals surface area contributed by atoms with Crippen LogP contribution in [-0.2, 0) is 0 Å². The number of anilines is 1. The largest absolute Gasteiger partial charge is 0.332 e. The Hall–Kier alpha value is -2.37. The van der Waals surface area contributed by atoms with Crippen molar-refractivity contribution in [3.05, 3.63) is 72.8 Å². The van der Waals surface area contributed by atoms with E-state index in [1.807, 2.05) is 48.5 Å². The summed E-state index contributed by atoms with van der Waals surface area (Å²) in [6.07, 6.45) is 0. The lowest BCUT2D eigenvalue weighted by molar-refractivity contribution is 0.687. The Balaban J connectivity index is 1.59. The first kappa shape index (κ1) is 16.1. The van der Waals surface area contributed by atoms with Gasteiger partial charge >= 0.3 is 0 Å². The van der Waals surface area contributed by atoms with Crippen molar-refractivity contribution in [3.8, 4) is 0 Å². The molecular formula is C20H17N3S2. The number of para-hydroxylation sites is 1. The molecule has 3 nitrogen and oxygen atoms in total. The zero-order chi connectivity index (χ0) is 17.1. The molecule has 0 bridgehead atoms. The van der Waals surface area contributed by atoms with Gasteiger partial charge in [0.2, 0.25) is 0 Å². The second-order valence-corrected chi connectivity index (χ2v) is 7.14. The second kappa shape index (κ2) is 7.25. The normalized spacial score (nSPS) is 15.7. The number of nitrogens with zero attached hydrogens (tertiary/aromatic N) is 2. The summed E-state index contributed by atoms with van der Waals surface area (Å²) in [6, 6.07) is 24.5. The maximum absolute atomic E-state index is 5.67. The lowest BCUT2D eigenvalue weighted by Gasteiger charge is -2.20. The van der Waals surface area contributed by atoms with Gasteiger partial charge in [-0.2, -0.15) is 0 Å². The summed E-state index contributed by atoms with van der Waals surface area (Å²) in [7, 11) is 0. The molecule has 1 aliphatic heterocycles. The van der Waals surface area contributed by atoms with Crippen molar-refractivity contribution >= 4 is 56.4 Å². The number of thioether (sulfide) groups is 1. The minimum Gasteiger partial charge on any atom is -0.332 e. The van der Waals surface area contributed by atoms with Crippen LogP contribution in [0.2, 0.25) is 0 Å². The van der Waals surface area contributed by atoms with Crippen LogP contribution in [0, 0.1) is 0 Å². The molecule has 25 heavy (non-hydrogen) atoms. The van der Waals surface area contributed by atoms with Gasteiger partial charge in [-0.15, -0.1) is 0 Å². The lowest BCUT2D eigenvalue weighted by Crippen LogP contribution is -2.35. The minimum atomic E-state index is 0.691. The van der Waals surface area contributed by atoms with Crippen LogP contribution < -0.4 is 5.32 Å². The maximum Gasteiger partial charge on any atom is 0.179 e. The molecule has 3 aromatic rings. The van der Waals surface area contributed by atoms with Gasteiger partial charge in [-0.05, 0) is 35.8 Å². The average Bonchev–Trinajstić information content (AvgIpc) is 3.11. The summed E-state index contributed by atoms with van der Waals surface area (Å²) < 4.78 is 0. The summed E-state index contributed by atoms with van der Waals surface area (Å²) in [5.41, 5.74) is 1.98. The van der Waals surface area contributed by atoms with Gasteiger partial charge in [0, 0.05) is 23.4 Å². The van der Waals surface area contributed by atoms with E-state index in [2.05, 4.69) is 34.5 Å². The number of rotatable bonds is 2. The molecule has 0 radical (unpaired) electrons. The molecular weight excluding hydrogens is 346 g/mol. The highest BCUT2D eigenvalue weighted by Gasteiger charge is 2.23. The first-order valence-corrected chi connectivity index (χ1v) is 9.53. The molecule has 0 aromatic heterocycles. The van der Waals surface area contributed by atoms with Crippen molar-refractivity contribution in [2.75, 3.05) is 17.6 Å². The molecule has 3 aromatic carbocycles. The Morgan fingerprint density at radius 3 is 2.60 bits per heavy atom. The minimum absolute atomic E-state index is 0.691. The lowest BCUT2D eigenvalue weighted by atomic mass is 10.1. The van der Waals surface area contributed by atoms with E-state index in [9.17, 15) is 0 Å². The van der Waals surface area contributed by atoms with Crippen LogP contribution in [0.1, 0.15) is 0 Å². The number of fused-ring (bicyclic) bond motifs is 1. The zero-order valence-corrected chi connectivity index (χ0v) is 15.2. The van der Waals surface area contributed by atoms with Crippen molar-refractivity contribution in [2.45, 2.75) is 0 Å². The average molecular weight is 364 g/mol. The van der Waals surface area contributed by atoms with Crippen molar-refractivity contribution < 1.29 is 0 Å². The first-order chi connectivity index (χ1) is 12.3. The summed E-state index contributed by atoms with van der Waals surface area (Å²) in [5, 5.41) is 7.41. The molecule has 0 unspecified atom stereocenters. The number of hydrogen-bond acceptors (Lipinski definition) is 3. The Labute approximate surface area is 156 Å². The summed E-state index contributed by atoms with van der Waals surface area (Å²) in [4.78, 5) is 6.82. The standard InChI is InChI=1S/C20H17N3S2/c24-19(22-18-12-6-8-15-7-4-5-11-17(15)18)23-13-14-25-20(23)21-16-9-2-1-3-10-16/h1-12H,13-14H2,(H,22,24). The highest BCUT2D eigenvalue weighted by molar-refractivity contribution is 8.14. The van der Waals surface area contributed by atoms with Gasteiger partial charge < -0.3 is 5.32 Å². The van der Waals surface area contributed by atoms with Gasteiger partial charge in [0.05, 0.1) is 5.69 Å². The van der Waals surface area contributed by atoms with Crippen LogP contribution in [0.3, 0.4) is 0 Å². The zero-order valence-electron chi connectivity index (χ0n) is 13.6. The maximum atomic E-state index is 5.67. The molecule has 1 saturated heterocycles. The van der Waals surface area contributed by atoms with Crippen LogP contribution in [0.25, 0.3) is 10.8 Å². The number of hydrogen-bond donors (Lipinski definition) is 1. The van der Waals surface area contributed by atoms with Crippen LogP contribution in [0.4, 0.5) is 11.4 Å². The molecule has 5 heteroatoms. The monoisotopic (exact) mass is 363 g/mol. The molecule has 0 amide bonds. The van der Waals surface area contributed by atoms with Crippen molar-refractivity contribution in [1.82, 2.24) is 4.90 Å². The molecule has 0 spiro atoms. The van der Waals surface area contributed by atoms with E-state index in [0.29, 0.717) is 5.11 Å². The fourth-order valence-corrected chi connectivity index (χ4v) is 4.12. The van der Waals surface area contributed by atoms with Crippen LogP contribution >= 0.6 is 24.0 Å². The Kier molecular flexibility index (Phi) is 4.68. The Morgan fingerprint density at radius 1 is 0.960 bits per heavy atom. The van der Waals surface area contributed by atoms with E-state index in [4.69, 9.17) is 17.2 Å². The first-order valence-electron chi connectivity index (χ1n) is 8.14. The van der Waals surface area contributed by atoms with Crippen LogP contribution in [-0.4, -0.2) is 27.5 Å². The van der Waals surface area contributed by atoms with E-state index in [0.717, 1.165) is 28.8 Å². The second-order valence-electron chi connectivity index (χ2n) is 5.69. The third-order valence-corrected chi connectivity index (χ3v) is 5.31. The van der Waals surface area contributed by atoms with Crippen molar-refractivity contribution in [2.24, 2.45) is 4.99 Å². The van der Waals surface area contributed by atoms with Gasteiger partial charge in [-0.25, -0.2) is 4.99 Å². The van der Waals surface area contributed by atoms with Gasteiger partial charge in [-0.1, -0.05) is 66.4 Å². The fourth-order valence-electron chi connectivity index (χ4n) is 2.81. The number of aliphatic imine (C=N–C) groups is 1. The summed E-state index contributed by atoms with van der Waals surface area (Å²) in [6.45, 7) is 0.868. The summed E-state index contributed by atoms with van der Waals surface area (Å²) in [5.74, 6) is 0.989. The number of thiocarbonyl (C=S) groups is 1. The van der Waals surface area contributed by atoms with Gasteiger partial charge in [-0.3, -0.25) is 4.90 Å². The SMILES string of the molecule is S=C(Nc1cccc2ccccc12)N1CCSC1=Nc1ccccc1. The topological polar surface area (TPSA) is 27.6 Å². The highest BCUT2D eigenvalue weighted by atomic mass is 32.2. The van der Waals surface area contributed by atoms with Crippen molar-refractivity contribution in [1.29, 1.82) is 0 Å². The van der Waals surface area contributed by atoms with E-state index >= 15 is 0 Å². The third kappa shape index (κ3) is 3.52. The molecule has 1 aliphatic rings. The molecule has 1 fully saturated rings. The Morgan fingerprint density at radius 2 is 1.72 bits per heavy atom. The van der Waals surface area contributed by atoms with E-state index < -0.39 is 0 Å². The number of amidine groups is 1. The van der Waals surface area contributed by atoms with E-state index in [1.165, 1.54) is 10.8 Å². The third-order valence-electron chi connectivity index (χ3n) is 4.03. The van der Waals surface area contributed by atoms with Crippen LogP contribution in [0.5, 0.6) is 0 Å². The predicted octanol–water partition coefficient (Wildman–Crippen LogP) is 5.27. The number of nitrogens with one attached hydrogen (secondary N) is 1. The van der Waals surface area contributed by atoms with Crippen molar-refractivity contribution in [3.63, 3.8) is 0 Å². The molecule has 1 heterocycles. The highest BCUT2D eigenvalue weighted by Crippen LogP contribution is 2.26. The van der Waals surface area contributed by atoms with E-state index in [-0.39, 0.29) is 0 Å². The van der Waals surface area contributed by atoms with E-state index in [1.54, 1.807) is 11.8 Å². The fraction of sp³-hybridized carbons (Fsp3) is 0.100. The molecule has 0 aliphatic carbocycles. The van der Waals surface area contributed by atoms with Gasteiger partial charge in [0.25, 0.3) is 0 Å². The molecule has 1 N–H and O–H groups in total. The van der Waals surface area contributed by atoms with Crippen LogP contribution in [0.15, 0.2) is 77.8 Å². The number of benzene rings is 3. The predicted molar refractivity (Wildman–Crippen MR) is 113 cm³/mol. The smallest absolute Gasteiger partial charge is 0.179 e. The molecule has 0 atom stereocenters. The Bertz CT molecular complexity index is 933. The molecule has 4 rings (SSSR count). The summed E-state index contributed by atoms with van der Waals surface area (Å²) >= 11 is 7.41. The van der Waals surface area contributed by atoms with Gasteiger partial charge in [0.1, 0.15) is 0 Å². The quantitative estimate of drug-likeness (QED) is 0.628. The van der Waals surface area contributed by atoms with Gasteiger partial charge in [0.15, 0.2) is 10.3 Å². The molecule has 124 valence electrons.